The molecule has 3 aromatic rings. The molecule has 0 radical (unpaired) electrons. The standard InChI is InChI=1S/C20H22ClN7O3/c1-10-17(6-15-14-5-12(21)3-4-16(14)26-19(15)30)25-11(2)18(10)20(31)22-7-13(29)8-28-24-9-23-27-28/h3-6,9,13,20,22,25,29,31H,7-8H2,1-2H3,(H,26,30)/b15-6-. The molecule has 4 rings (SSSR count). The van der Waals surface area contributed by atoms with Crippen molar-refractivity contribution in [2.45, 2.75) is 32.7 Å². The summed E-state index contributed by atoms with van der Waals surface area (Å²) in [6, 6.07) is 5.23. The number of hydrogen-bond donors (Lipinski definition) is 5. The zero-order valence-corrected chi connectivity index (χ0v) is 17.7. The number of tetrazole rings is 1. The van der Waals surface area contributed by atoms with Crippen LogP contribution >= 0.6 is 11.6 Å². The molecule has 1 amide bonds. The van der Waals surface area contributed by atoms with Gasteiger partial charge in [0.1, 0.15) is 6.23 Å². The fraction of sp³-hybridized carbons (Fsp3) is 0.300. The van der Waals surface area contributed by atoms with Gasteiger partial charge in [0.15, 0.2) is 6.33 Å². The van der Waals surface area contributed by atoms with Crippen LogP contribution in [0.1, 0.15) is 34.3 Å². The molecular weight excluding hydrogens is 422 g/mol. The molecule has 31 heavy (non-hydrogen) atoms. The maximum Gasteiger partial charge on any atom is 0.256 e. The van der Waals surface area contributed by atoms with Crippen molar-refractivity contribution in [2.75, 3.05) is 11.9 Å². The molecule has 0 saturated heterocycles. The van der Waals surface area contributed by atoms with E-state index in [9.17, 15) is 15.0 Å². The number of amides is 1. The van der Waals surface area contributed by atoms with Crippen LogP contribution in [0.4, 0.5) is 5.69 Å². The van der Waals surface area contributed by atoms with Crippen molar-refractivity contribution in [1.29, 1.82) is 0 Å². The Kier molecular flexibility index (Phi) is 5.88. The summed E-state index contributed by atoms with van der Waals surface area (Å²) >= 11 is 6.10. The second-order valence-corrected chi connectivity index (χ2v) is 7.80. The van der Waals surface area contributed by atoms with Crippen LogP contribution in [0.3, 0.4) is 0 Å². The number of nitrogens with one attached hydrogen (secondary N) is 3. The van der Waals surface area contributed by atoms with Gasteiger partial charge in [0.05, 0.1) is 18.2 Å². The Labute approximate surface area is 182 Å². The van der Waals surface area contributed by atoms with Crippen molar-refractivity contribution >= 4 is 34.8 Å². The van der Waals surface area contributed by atoms with E-state index in [-0.39, 0.29) is 19.0 Å². The summed E-state index contributed by atoms with van der Waals surface area (Å²) < 4.78 is 0. The van der Waals surface area contributed by atoms with Gasteiger partial charge in [0.25, 0.3) is 5.91 Å². The maximum absolute atomic E-state index is 12.4. The predicted octanol–water partition coefficient (Wildman–Crippen LogP) is 1.41. The largest absolute Gasteiger partial charge is 0.390 e. The summed E-state index contributed by atoms with van der Waals surface area (Å²) in [4.78, 5) is 16.9. The van der Waals surface area contributed by atoms with E-state index in [4.69, 9.17) is 11.6 Å². The van der Waals surface area contributed by atoms with Crippen LogP contribution in [-0.4, -0.2) is 54.0 Å². The molecule has 2 atom stereocenters. The summed E-state index contributed by atoms with van der Waals surface area (Å²) in [7, 11) is 0. The molecule has 3 heterocycles. The molecule has 2 aromatic heterocycles. The summed E-state index contributed by atoms with van der Waals surface area (Å²) in [6.07, 6.45) is 1.21. The number of rotatable bonds is 7. The second-order valence-electron chi connectivity index (χ2n) is 7.36. The Balaban J connectivity index is 1.52. The van der Waals surface area contributed by atoms with Gasteiger partial charge < -0.3 is 20.5 Å². The van der Waals surface area contributed by atoms with Crippen LogP contribution in [-0.2, 0) is 11.3 Å². The lowest BCUT2D eigenvalue weighted by Crippen LogP contribution is -2.33. The lowest BCUT2D eigenvalue weighted by atomic mass is 10.0. The number of aliphatic hydroxyl groups is 2. The quantitative estimate of drug-likeness (QED) is 0.274. The van der Waals surface area contributed by atoms with Gasteiger partial charge >= 0.3 is 0 Å². The molecule has 0 aliphatic carbocycles. The van der Waals surface area contributed by atoms with Crippen molar-refractivity contribution in [3.8, 4) is 0 Å². The Morgan fingerprint density at radius 2 is 2.13 bits per heavy atom. The van der Waals surface area contributed by atoms with E-state index in [0.717, 1.165) is 16.8 Å². The predicted molar refractivity (Wildman–Crippen MR) is 115 cm³/mol. The summed E-state index contributed by atoms with van der Waals surface area (Å²) in [6.45, 7) is 3.97. The molecule has 2 unspecified atom stereocenters. The molecule has 0 saturated carbocycles. The van der Waals surface area contributed by atoms with Gasteiger partial charge in [-0.2, -0.15) is 4.80 Å². The van der Waals surface area contributed by atoms with Crippen molar-refractivity contribution in [3.05, 3.63) is 57.6 Å². The minimum atomic E-state index is -1.01. The van der Waals surface area contributed by atoms with E-state index < -0.39 is 12.3 Å². The molecule has 162 valence electrons. The van der Waals surface area contributed by atoms with Crippen molar-refractivity contribution in [3.63, 3.8) is 0 Å². The first-order valence-corrected chi connectivity index (χ1v) is 10.0. The third kappa shape index (κ3) is 4.37. The number of fused-ring (bicyclic) bond motifs is 1. The summed E-state index contributed by atoms with van der Waals surface area (Å²) in [5, 5.41) is 38.2. The van der Waals surface area contributed by atoms with Gasteiger partial charge in [-0.25, -0.2) is 0 Å². The average molecular weight is 444 g/mol. The molecule has 0 fully saturated rings. The van der Waals surface area contributed by atoms with Gasteiger partial charge in [-0.3, -0.25) is 10.1 Å². The Bertz CT molecular complexity index is 1140. The van der Waals surface area contributed by atoms with Crippen LogP contribution in [0.5, 0.6) is 0 Å². The van der Waals surface area contributed by atoms with Gasteiger partial charge in [-0.1, -0.05) is 11.6 Å². The van der Waals surface area contributed by atoms with Gasteiger partial charge in [0.2, 0.25) is 0 Å². The smallest absolute Gasteiger partial charge is 0.256 e. The normalized spacial score (nSPS) is 16.4. The number of anilines is 1. The molecule has 10 nitrogen and oxygen atoms in total. The highest BCUT2D eigenvalue weighted by atomic mass is 35.5. The Morgan fingerprint density at radius 3 is 2.87 bits per heavy atom. The zero-order chi connectivity index (χ0) is 22.1. The third-order valence-corrected chi connectivity index (χ3v) is 5.41. The number of benzene rings is 1. The van der Waals surface area contributed by atoms with Crippen molar-refractivity contribution in [1.82, 2.24) is 30.5 Å². The summed E-state index contributed by atoms with van der Waals surface area (Å²) in [5.41, 5.74) is 4.84. The second kappa shape index (κ2) is 8.60. The monoisotopic (exact) mass is 443 g/mol. The minimum Gasteiger partial charge on any atom is -0.390 e. The fourth-order valence-electron chi connectivity index (χ4n) is 3.67. The highest BCUT2D eigenvalue weighted by Crippen LogP contribution is 2.36. The Morgan fingerprint density at radius 1 is 1.32 bits per heavy atom. The number of carbonyl (C=O) groups is 1. The number of aromatic nitrogens is 5. The number of halogens is 1. The lowest BCUT2D eigenvalue weighted by Gasteiger charge is -2.17. The molecule has 0 bridgehead atoms. The number of aromatic amines is 1. The third-order valence-electron chi connectivity index (χ3n) is 5.17. The first kappa shape index (κ1) is 21.2. The van der Waals surface area contributed by atoms with E-state index in [2.05, 4.69) is 31.0 Å². The van der Waals surface area contributed by atoms with E-state index >= 15 is 0 Å². The lowest BCUT2D eigenvalue weighted by molar-refractivity contribution is -0.110. The number of aliphatic hydroxyl groups excluding tert-OH is 2. The van der Waals surface area contributed by atoms with Crippen LogP contribution in [0, 0.1) is 13.8 Å². The highest BCUT2D eigenvalue weighted by Gasteiger charge is 2.26. The minimum absolute atomic E-state index is 0.122. The van der Waals surface area contributed by atoms with Gasteiger partial charge in [-0.15, -0.1) is 10.2 Å². The van der Waals surface area contributed by atoms with Gasteiger partial charge in [0, 0.05) is 39.8 Å². The molecule has 0 spiro atoms. The molecular formula is C20H22ClN7O3. The molecule has 1 aromatic carbocycles. The van der Waals surface area contributed by atoms with Crippen LogP contribution in [0.15, 0.2) is 24.5 Å². The van der Waals surface area contributed by atoms with Gasteiger partial charge in [-0.05, 0) is 48.9 Å². The number of aryl methyl sites for hydroxylation is 1. The van der Waals surface area contributed by atoms with E-state index in [1.165, 1.54) is 11.1 Å². The van der Waals surface area contributed by atoms with Crippen LogP contribution in [0.2, 0.25) is 5.02 Å². The van der Waals surface area contributed by atoms with E-state index in [1.54, 1.807) is 24.3 Å². The first-order valence-electron chi connectivity index (χ1n) is 9.65. The Hall–Kier alpha value is -3.05. The average Bonchev–Trinajstić information content (AvgIpc) is 3.40. The molecule has 1 aliphatic heterocycles. The number of H-pyrrole nitrogens is 1. The molecule has 1 aliphatic rings. The molecule has 11 heteroatoms. The van der Waals surface area contributed by atoms with Crippen LogP contribution in [0.25, 0.3) is 11.6 Å². The zero-order valence-electron chi connectivity index (χ0n) is 16.9. The fourth-order valence-corrected chi connectivity index (χ4v) is 3.84. The first-order chi connectivity index (χ1) is 14.8. The number of carbonyl (C=O) groups excluding carboxylic acids is 1. The number of hydrogen-bond acceptors (Lipinski definition) is 7. The van der Waals surface area contributed by atoms with Crippen molar-refractivity contribution in [2.24, 2.45) is 0 Å². The highest BCUT2D eigenvalue weighted by molar-refractivity contribution is 6.36. The van der Waals surface area contributed by atoms with Crippen molar-refractivity contribution < 1.29 is 15.0 Å². The molecule has 5 N–H and O–H groups in total. The SMILES string of the molecule is Cc1[nH]c(/C=C2\C(=O)Nc3ccc(Cl)cc32)c(C)c1C(O)NCC(O)Cn1ncnn1. The van der Waals surface area contributed by atoms with Crippen LogP contribution < -0.4 is 10.6 Å². The van der Waals surface area contributed by atoms with E-state index in [1.807, 2.05) is 13.8 Å². The number of nitrogens with zero attached hydrogens (tertiary/aromatic N) is 4. The summed E-state index contributed by atoms with van der Waals surface area (Å²) in [5.74, 6) is -0.214. The topological polar surface area (TPSA) is 141 Å². The maximum atomic E-state index is 12.4. The van der Waals surface area contributed by atoms with E-state index in [0.29, 0.717) is 27.5 Å².